The third kappa shape index (κ3) is 3.36. The summed E-state index contributed by atoms with van der Waals surface area (Å²) in [6, 6.07) is 0. The Bertz CT molecular complexity index is 226. The van der Waals surface area contributed by atoms with Crippen molar-refractivity contribution in [2.45, 2.75) is 33.6 Å². The lowest BCUT2D eigenvalue weighted by Crippen LogP contribution is -2.11. The number of hydrogen-bond donors (Lipinski definition) is 0. The predicted molar refractivity (Wildman–Crippen MR) is 64.6 cm³/mol. The van der Waals surface area contributed by atoms with E-state index >= 15 is 0 Å². The van der Waals surface area contributed by atoms with Crippen molar-refractivity contribution in [3.05, 3.63) is 24.0 Å². The van der Waals surface area contributed by atoms with Gasteiger partial charge in [-0.2, -0.15) is 0 Å². The van der Waals surface area contributed by atoms with E-state index in [2.05, 4.69) is 30.4 Å². The minimum Gasteiger partial charge on any atom is -0.359 e. The van der Waals surface area contributed by atoms with Crippen molar-refractivity contribution in [2.75, 3.05) is 13.6 Å². The van der Waals surface area contributed by atoms with Gasteiger partial charge in [0, 0.05) is 19.8 Å². The van der Waals surface area contributed by atoms with Gasteiger partial charge in [0.05, 0.1) is 0 Å². The molecule has 14 heavy (non-hydrogen) atoms. The largest absolute Gasteiger partial charge is 0.359 e. The number of hydrogen-bond acceptors (Lipinski definition) is 2. The van der Waals surface area contributed by atoms with Crippen LogP contribution >= 0.6 is 0 Å². The van der Waals surface area contributed by atoms with E-state index < -0.39 is 0 Å². The molecule has 0 spiro atoms. The first-order valence-electron chi connectivity index (χ1n) is 5.38. The summed E-state index contributed by atoms with van der Waals surface area (Å²) in [6.07, 6.45) is 5.92. The van der Waals surface area contributed by atoms with Crippen LogP contribution in [0.25, 0.3) is 0 Å². The highest BCUT2D eigenvalue weighted by molar-refractivity contribution is 5.59. The Kier molecular flexibility index (Phi) is 6.81. The molecule has 1 rings (SSSR count). The number of nitrogens with zero attached hydrogens (tertiary/aromatic N) is 2. The molecule has 0 atom stereocenters. The van der Waals surface area contributed by atoms with E-state index in [9.17, 15) is 0 Å². The molecular formula is C12H22N2. The molecule has 0 N–H and O–H groups in total. The van der Waals surface area contributed by atoms with Gasteiger partial charge >= 0.3 is 0 Å². The van der Waals surface area contributed by atoms with Gasteiger partial charge in [-0.3, -0.25) is 0 Å². The highest BCUT2D eigenvalue weighted by atomic mass is 15.2. The quantitative estimate of drug-likeness (QED) is 0.630. The molecule has 0 amide bonds. The van der Waals surface area contributed by atoms with Crippen LogP contribution < -0.4 is 0 Å². The summed E-state index contributed by atoms with van der Waals surface area (Å²) in [5, 5.41) is 0. The van der Waals surface area contributed by atoms with Crippen molar-refractivity contribution in [1.82, 2.24) is 4.90 Å². The lowest BCUT2D eigenvalue weighted by molar-refractivity contribution is 0.455. The third-order valence-corrected chi connectivity index (χ3v) is 2.01. The van der Waals surface area contributed by atoms with Crippen LogP contribution in [0.4, 0.5) is 0 Å². The molecule has 0 aromatic carbocycles. The molecule has 0 bridgehead atoms. The highest BCUT2D eigenvalue weighted by Gasteiger charge is 2.15. The van der Waals surface area contributed by atoms with Crippen LogP contribution in [0.3, 0.4) is 0 Å². The third-order valence-electron chi connectivity index (χ3n) is 2.01. The summed E-state index contributed by atoms with van der Waals surface area (Å²) in [6.45, 7) is 10.9. The Morgan fingerprint density at radius 2 is 2.14 bits per heavy atom. The van der Waals surface area contributed by atoms with Crippen molar-refractivity contribution in [3.8, 4) is 0 Å². The Labute approximate surface area is 88.0 Å². The Balaban J connectivity index is 0.000000791. The SMILES string of the molecule is C=CC1=C(/N=C\CC)N(C)CC1.CC. The molecule has 2 heteroatoms. The maximum atomic E-state index is 4.38. The molecule has 0 aromatic rings. The zero-order valence-electron chi connectivity index (χ0n) is 9.88. The molecule has 0 aliphatic carbocycles. The van der Waals surface area contributed by atoms with E-state index in [1.165, 1.54) is 5.57 Å². The van der Waals surface area contributed by atoms with Crippen LogP contribution in [-0.4, -0.2) is 24.7 Å². The highest BCUT2D eigenvalue weighted by Crippen LogP contribution is 2.22. The minimum absolute atomic E-state index is 0.988. The Morgan fingerprint density at radius 3 is 2.64 bits per heavy atom. The first kappa shape index (κ1) is 12.9. The smallest absolute Gasteiger partial charge is 0.131 e. The van der Waals surface area contributed by atoms with E-state index in [-0.39, 0.29) is 0 Å². The molecule has 0 radical (unpaired) electrons. The molecule has 80 valence electrons. The Hall–Kier alpha value is -1.05. The molecular weight excluding hydrogens is 172 g/mol. The first-order chi connectivity index (χ1) is 6.79. The second-order valence-corrected chi connectivity index (χ2v) is 2.94. The fraction of sp³-hybridized carbons (Fsp3) is 0.583. The van der Waals surface area contributed by atoms with Gasteiger partial charge in [-0.1, -0.05) is 33.4 Å². The lowest BCUT2D eigenvalue weighted by atomic mass is 10.2. The van der Waals surface area contributed by atoms with Gasteiger partial charge < -0.3 is 4.90 Å². The van der Waals surface area contributed by atoms with Crippen LogP contribution in [-0.2, 0) is 0 Å². The van der Waals surface area contributed by atoms with E-state index in [0.717, 1.165) is 25.2 Å². The van der Waals surface area contributed by atoms with Crippen LogP contribution in [0.5, 0.6) is 0 Å². The molecule has 1 aliphatic rings. The van der Waals surface area contributed by atoms with E-state index in [0.29, 0.717) is 0 Å². The standard InChI is InChI=1S/C10H16N2.C2H6/c1-4-7-11-10-9(5-2)6-8-12(10)3;1-2/h5,7H,2,4,6,8H2,1,3H3;1-2H3/b11-7-;. The minimum atomic E-state index is 0.988. The first-order valence-corrected chi connectivity index (χ1v) is 5.38. The molecule has 0 unspecified atom stereocenters. The normalized spacial score (nSPS) is 15.9. The van der Waals surface area contributed by atoms with Gasteiger partial charge in [-0.25, -0.2) is 4.99 Å². The molecule has 1 aliphatic heterocycles. The maximum Gasteiger partial charge on any atom is 0.131 e. The fourth-order valence-electron chi connectivity index (χ4n) is 1.30. The van der Waals surface area contributed by atoms with Gasteiger partial charge in [0.2, 0.25) is 0 Å². The van der Waals surface area contributed by atoms with Crippen LogP contribution in [0.1, 0.15) is 33.6 Å². The maximum absolute atomic E-state index is 4.38. The van der Waals surface area contributed by atoms with E-state index in [4.69, 9.17) is 0 Å². The topological polar surface area (TPSA) is 15.6 Å². The molecule has 1 heterocycles. The monoisotopic (exact) mass is 194 g/mol. The predicted octanol–water partition coefficient (Wildman–Crippen LogP) is 3.23. The van der Waals surface area contributed by atoms with Gasteiger partial charge in [0.15, 0.2) is 0 Å². The number of rotatable bonds is 3. The van der Waals surface area contributed by atoms with E-state index in [1.54, 1.807) is 0 Å². The van der Waals surface area contributed by atoms with Crippen LogP contribution in [0.15, 0.2) is 29.0 Å². The zero-order valence-corrected chi connectivity index (χ0v) is 9.88. The van der Waals surface area contributed by atoms with Gasteiger partial charge in [-0.15, -0.1) is 0 Å². The van der Waals surface area contributed by atoms with Crippen LogP contribution in [0, 0.1) is 0 Å². The van der Waals surface area contributed by atoms with Gasteiger partial charge in [-0.05, 0) is 18.4 Å². The summed E-state index contributed by atoms with van der Waals surface area (Å²) in [7, 11) is 2.07. The lowest BCUT2D eigenvalue weighted by Gasteiger charge is -2.11. The van der Waals surface area contributed by atoms with Crippen LogP contribution in [0.2, 0.25) is 0 Å². The summed E-state index contributed by atoms with van der Waals surface area (Å²) in [5.74, 6) is 1.09. The summed E-state index contributed by atoms with van der Waals surface area (Å²) < 4.78 is 0. The Morgan fingerprint density at radius 1 is 1.50 bits per heavy atom. The summed E-state index contributed by atoms with van der Waals surface area (Å²) in [4.78, 5) is 6.55. The second-order valence-electron chi connectivity index (χ2n) is 2.94. The summed E-state index contributed by atoms with van der Waals surface area (Å²) in [5.41, 5.74) is 1.27. The van der Waals surface area contributed by atoms with Crippen molar-refractivity contribution < 1.29 is 0 Å². The molecule has 0 saturated carbocycles. The average Bonchev–Trinajstić information content (AvgIpc) is 2.59. The molecule has 0 aromatic heterocycles. The van der Waals surface area contributed by atoms with E-state index in [1.807, 2.05) is 26.1 Å². The van der Waals surface area contributed by atoms with Crippen molar-refractivity contribution >= 4 is 6.21 Å². The zero-order chi connectivity index (χ0) is 11.0. The second kappa shape index (κ2) is 7.36. The average molecular weight is 194 g/mol. The number of allylic oxidation sites excluding steroid dienone is 1. The summed E-state index contributed by atoms with van der Waals surface area (Å²) >= 11 is 0. The molecule has 2 nitrogen and oxygen atoms in total. The van der Waals surface area contributed by atoms with Crippen molar-refractivity contribution in [1.29, 1.82) is 0 Å². The van der Waals surface area contributed by atoms with Crippen molar-refractivity contribution in [2.24, 2.45) is 4.99 Å². The molecule has 0 fully saturated rings. The fourth-order valence-corrected chi connectivity index (χ4v) is 1.30. The van der Waals surface area contributed by atoms with Gasteiger partial charge in [0.1, 0.15) is 5.82 Å². The van der Waals surface area contributed by atoms with Gasteiger partial charge in [0.25, 0.3) is 0 Å². The van der Waals surface area contributed by atoms with Crippen molar-refractivity contribution in [3.63, 3.8) is 0 Å². The number of aliphatic imine (C=N–C) groups is 1. The molecule has 0 saturated heterocycles.